The van der Waals surface area contributed by atoms with E-state index in [0.717, 1.165) is 10.2 Å². The Balaban J connectivity index is 1.81. The summed E-state index contributed by atoms with van der Waals surface area (Å²) < 4.78 is 16.8. The predicted molar refractivity (Wildman–Crippen MR) is 112 cm³/mol. The molecule has 0 heterocycles. The van der Waals surface area contributed by atoms with Crippen LogP contribution in [0.15, 0.2) is 40.9 Å². The summed E-state index contributed by atoms with van der Waals surface area (Å²) in [6, 6.07) is 10.4. The maximum atomic E-state index is 12.0. The lowest BCUT2D eigenvalue weighted by Gasteiger charge is -2.11. The highest BCUT2D eigenvalue weighted by molar-refractivity contribution is 9.10. The Bertz CT molecular complexity index is 859. The minimum atomic E-state index is -0.474. The molecule has 2 aromatic carbocycles. The molecule has 0 aliphatic rings. The Morgan fingerprint density at radius 1 is 1.14 bits per heavy atom. The molecular formula is C20H23BrN2O6. The Kier molecular flexibility index (Phi) is 8.72. The summed E-state index contributed by atoms with van der Waals surface area (Å²) >= 11 is 3.40. The third-order valence-corrected chi connectivity index (χ3v) is 4.80. The Morgan fingerprint density at radius 2 is 1.83 bits per heavy atom. The van der Waals surface area contributed by atoms with E-state index >= 15 is 0 Å². The predicted octanol–water partition coefficient (Wildman–Crippen LogP) is 3.89. The zero-order valence-electron chi connectivity index (χ0n) is 16.3. The van der Waals surface area contributed by atoms with E-state index in [1.807, 2.05) is 24.3 Å². The number of hydrogen-bond donors (Lipinski definition) is 1. The molecule has 0 aliphatic carbocycles. The number of nitrogens with zero attached hydrogens (tertiary/aromatic N) is 1. The molecule has 2 rings (SSSR count). The van der Waals surface area contributed by atoms with Crippen molar-refractivity contribution in [2.24, 2.45) is 0 Å². The van der Waals surface area contributed by atoms with Crippen molar-refractivity contribution in [1.29, 1.82) is 0 Å². The second-order valence-corrected chi connectivity index (χ2v) is 6.93. The average molecular weight is 467 g/mol. The summed E-state index contributed by atoms with van der Waals surface area (Å²) in [6.45, 7) is 0.692. The van der Waals surface area contributed by atoms with Crippen LogP contribution in [-0.2, 0) is 11.2 Å². The first-order valence-electron chi connectivity index (χ1n) is 8.99. The van der Waals surface area contributed by atoms with Crippen molar-refractivity contribution in [3.63, 3.8) is 0 Å². The van der Waals surface area contributed by atoms with Crippen molar-refractivity contribution in [3.05, 3.63) is 56.5 Å². The monoisotopic (exact) mass is 466 g/mol. The van der Waals surface area contributed by atoms with Crippen LogP contribution < -0.4 is 19.5 Å². The number of hydrogen-bond acceptors (Lipinski definition) is 6. The Morgan fingerprint density at radius 3 is 2.48 bits per heavy atom. The van der Waals surface area contributed by atoms with Gasteiger partial charge in [0.1, 0.15) is 5.75 Å². The molecule has 1 N–H and O–H groups in total. The van der Waals surface area contributed by atoms with Gasteiger partial charge in [0.05, 0.1) is 36.3 Å². The molecule has 0 spiro atoms. The fraction of sp³-hybridized carbons (Fsp3) is 0.350. The second-order valence-electron chi connectivity index (χ2n) is 6.08. The molecule has 0 aliphatic heterocycles. The number of amides is 1. The van der Waals surface area contributed by atoms with Crippen molar-refractivity contribution in [1.82, 2.24) is 5.32 Å². The van der Waals surface area contributed by atoms with Gasteiger partial charge in [-0.05, 0) is 47.0 Å². The van der Waals surface area contributed by atoms with Gasteiger partial charge in [-0.3, -0.25) is 14.9 Å². The van der Waals surface area contributed by atoms with E-state index in [4.69, 9.17) is 14.2 Å². The molecule has 0 atom stereocenters. The van der Waals surface area contributed by atoms with Gasteiger partial charge in [-0.2, -0.15) is 0 Å². The van der Waals surface area contributed by atoms with Gasteiger partial charge >= 0.3 is 0 Å². The van der Waals surface area contributed by atoms with Gasteiger partial charge < -0.3 is 19.5 Å². The molecule has 156 valence electrons. The number of carbonyl (C=O) groups excluding carboxylic acids is 1. The maximum Gasteiger partial charge on any atom is 0.276 e. The number of para-hydroxylation sites is 1. The third-order valence-electron chi connectivity index (χ3n) is 4.14. The molecule has 1 amide bonds. The highest BCUT2D eigenvalue weighted by Crippen LogP contribution is 2.34. The van der Waals surface area contributed by atoms with Crippen LogP contribution in [0, 0.1) is 10.1 Å². The Hall–Kier alpha value is -2.81. The number of halogens is 1. The number of nitrogens with one attached hydrogen (secondary N) is 1. The molecule has 0 aromatic heterocycles. The quantitative estimate of drug-likeness (QED) is 0.306. The Labute approximate surface area is 177 Å². The second kappa shape index (κ2) is 11.3. The maximum absolute atomic E-state index is 12.0. The first-order valence-corrected chi connectivity index (χ1v) is 9.79. The lowest BCUT2D eigenvalue weighted by molar-refractivity contribution is -0.385. The van der Waals surface area contributed by atoms with E-state index in [0.29, 0.717) is 37.2 Å². The van der Waals surface area contributed by atoms with Crippen LogP contribution in [0.1, 0.15) is 18.4 Å². The van der Waals surface area contributed by atoms with Gasteiger partial charge in [0, 0.05) is 18.5 Å². The summed E-state index contributed by atoms with van der Waals surface area (Å²) in [5, 5.41) is 14.1. The van der Waals surface area contributed by atoms with E-state index in [9.17, 15) is 14.9 Å². The summed E-state index contributed by atoms with van der Waals surface area (Å²) in [5.74, 6) is 1.29. The summed E-state index contributed by atoms with van der Waals surface area (Å²) in [6.07, 6.45) is 1.16. The summed E-state index contributed by atoms with van der Waals surface area (Å²) in [4.78, 5) is 22.8. The zero-order chi connectivity index (χ0) is 21.2. The molecule has 2 aromatic rings. The molecule has 9 heteroatoms. The molecule has 0 bridgehead atoms. The van der Waals surface area contributed by atoms with Crippen molar-refractivity contribution in [2.45, 2.75) is 19.3 Å². The number of nitro benzene ring substituents is 1. The average Bonchev–Trinajstić information content (AvgIpc) is 2.71. The molecule has 0 radical (unpaired) electrons. The van der Waals surface area contributed by atoms with E-state index in [2.05, 4.69) is 21.2 Å². The standard InChI is InChI=1S/C20H23BrN2O6/c1-27-18-12-14(16(23(25)26)13-19(18)28-2)9-10-22-20(24)8-5-11-29-17-7-4-3-6-15(17)21/h3-4,6-7,12-13H,5,8-11H2,1-2H3,(H,22,24). The van der Waals surface area contributed by atoms with Gasteiger partial charge in [-0.25, -0.2) is 0 Å². The van der Waals surface area contributed by atoms with Crippen molar-refractivity contribution >= 4 is 27.5 Å². The molecule has 29 heavy (non-hydrogen) atoms. The number of nitro groups is 1. The molecule has 0 saturated heterocycles. The van der Waals surface area contributed by atoms with Crippen LogP contribution in [0.3, 0.4) is 0 Å². The molecule has 0 unspecified atom stereocenters. The lowest BCUT2D eigenvalue weighted by Crippen LogP contribution is -2.26. The third kappa shape index (κ3) is 6.63. The number of benzene rings is 2. The minimum absolute atomic E-state index is 0.0706. The van der Waals surface area contributed by atoms with Gasteiger partial charge in [0.2, 0.25) is 5.91 Å². The summed E-state index contributed by atoms with van der Waals surface area (Å²) in [5.41, 5.74) is 0.393. The van der Waals surface area contributed by atoms with Crippen LogP contribution in [0.2, 0.25) is 0 Å². The van der Waals surface area contributed by atoms with Crippen LogP contribution in [0.4, 0.5) is 5.69 Å². The molecule has 8 nitrogen and oxygen atoms in total. The molecule has 0 saturated carbocycles. The smallest absolute Gasteiger partial charge is 0.276 e. The van der Waals surface area contributed by atoms with E-state index in [-0.39, 0.29) is 23.9 Å². The van der Waals surface area contributed by atoms with Gasteiger partial charge in [-0.15, -0.1) is 0 Å². The number of rotatable bonds is 11. The van der Waals surface area contributed by atoms with Crippen molar-refractivity contribution in [3.8, 4) is 17.2 Å². The summed E-state index contributed by atoms with van der Waals surface area (Å²) in [7, 11) is 2.88. The number of ether oxygens (including phenoxy) is 3. The van der Waals surface area contributed by atoms with E-state index < -0.39 is 4.92 Å². The largest absolute Gasteiger partial charge is 0.493 e. The first kappa shape index (κ1) is 22.5. The topological polar surface area (TPSA) is 99.9 Å². The van der Waals surface area contributed by atoms with Crippen molar-refractivity contribution in [2.75, 3.05) is 27.4 Å². The van der Waals surface area contributed by atoms with Gasteiger partial charge in [0.25, 0.3) is 5.69 Å². The SMILES string of the molecule is COc1cc(CCNC(=O)CCCOc2ccccc2Br)c([N+](=O)[O-])cc1OC. The van der Waals surface area contributed by atoms with Crippen LogP contribution in [0.25, 0.3) is 0 Å². The highest BCUT2D eigenvalue weighted by atomic mass is 79.9. The van der Waals surface area contributed by atoms with E-state index in [1.54, 1.807) is 6.07 Å². The molecular weight excluding hydrogens is 444 g/mol. The minimum Gasteiger partial charge on any atom is -0.493 e. The normalized spacial score (nSPS) is 10.3. The van der Waals surface area contributed by atoms with Gasteiger partial charge in [0.15, 0.2) is 11.5 Å². The van der Waals surface area contributed by atoms with Crippen molar-refractivity contribution < 1.29 is 23.9 Å². The van der Waals surface area contributed by atoms with Crippen LogP contribution >= 0.6 is 15.9 Å². The van der Waals surface area contributed by atoms with Gasteiger partial charge in [-0.1, -0.05) is 12.1 Å². The molecule has 0 fully saturated rings. The first-order chi connectivity index (χ1) is 14.0. The fourth-order valence-electron chi connectivity index (χ4n) is 2.68. The number of methoxy groups -OCH3 is 2. The van der Waals surface area contributed by atoms with Crippen LogP contribution in [0.5, 0.6) is 17.2 Å². The number of carbonyl (C=O) groups is 1. The van der Waals surface area contributed by atoms with E-state index in [1.165, 1.54) is 20.3 Å². The fourth-order valence-corrected chi connectivity index (χ4v) is 3.08. The zero-order valence-corrected chi connectivity index (χ0v) is 17.9. The van der Waals surface area contributed by atoms with Crippen LogP contribution in [-0.4, -0.2) is 38.2 Å². The lowest BCUT2D eigenvalue weighted by atomic mass is 10.1. The highest BCUT2D eigenvalue weighted by Gasteiger charge is 2.19.